The number of fused-ring (bicyclic) bond motifs is 1. The second-order valence-electron chi connectivity index (χ2n) is 4.04. The van der Waals surface area contributed by atoms with Crippen LogP contribution in [-0.2, 0) is 4.79 Å². The highest BCUT2D eigenvalue weighted by Gasteiger charge is 2.26. The minimum atomic E-state index is -0.0841. The molecule has 1 aliphatic heterocycles. The third-order valence-electron chi connectivity index (χ3n) is 3.07. The first-order chi connectivity index (χ1) is 7.86. The van der Waals surface area contributed by atoms with Gasteiger partial charge in [-0.25, -0.2) is 0 Å². The van der Waals surface area contributed by atoms with Crippen LogP contribution in [0.2, 0.25) is 0 Å². The number of hydrogen-bond acceptors (Lipinski definition) is 4. The lowest BCUT2D eigenvalue weighted by molar-refractivity contribution is -0.121. The van der Waals surface area contributed by atoms with Gasteiger partial charge >= 0.3 is 0 Å². The van der Waals surface area contributed by atoms with Crippen molar-refractivity contribution < 1.29 is 9.21 Å². The van der Waals surface area contributed by atoms with Gasteiger partial charge in [0.1, 0.15) is 11.4 Å². The molecule has 0 aromatic carbocycles. The van der Waals surface area contributed by atoms with Gasteiger partial charge in [0, 0.05) is 42.9 Å². The van der Waals surface area contributed by atoms with Crippen molar-refractivity contribution in [2.75, 3.05) is 13.1 Å². The number of nitrogens with zero attached hydrogens (tertiary/aromatic N) is 1. The van der Waals surface area contributed by atoms with Crippen molar-refractivity contribution in [2.45, 2.75) is 12.3 Å². The van der Waals surface area contributed by atoms with E-state index in [2.05, 4.69) is 10.3 Å². The molecule has 1 aliphatic rings. The van der Waals surface area contributed by atoms with Gasteiger partial charge in [0.05, 0.1) is 12.2 Å². The first-order valence-electron chi connectivity index (χ1n) is 5.41. The number of hydrogen-bond donors (Lipinski definition) is 1. The Morgan fingerprint density at radius 2 is 2.44 bits per heavy atom. The van der Waals surface area contributed by atoms with E-state index < -0.39 is 0 Å². The zero-order valence-corrected chi connectivity index (χ0v) is 8.77. The Morgan fingerprint density at radius 1 is 1.50 bits per heavy atom. The monoisotopic (exact) mass is 216 g/mol. The topological polar surface area (TPSA) is 55.1 Å². The molecule has 82 valence electrons. The number of Topliss-reactive ketones (excluding diaryl/α,β-unsaturated/α-hetero) is 1. The van der Waals surface area contributed by atoms with E-state index in [4.69, 9.17) is 4.42 Å². The molecule has 1 N–H and O–H groups in total. The first-order valence-corrected chi connectivity index (χ1v) is 5.41. The molecule has 16 heavy (non-hydrogen) atoms. The molecule has 2 aromatic rings. The Kier molecular flexibility index (Phi) is 2.22. The molecule has 1 fully saturated rings. The van der Waals surface area contributed by atoms with Gasteiger partial charge in [-0.05, 0) is 6.07 Å². The van der Waals surface area contributed by atoms with E-state index in [1.165, 1.54) is 0 Å². The molecule has 1 unspecified atom stereocenters. The summed E-state index contributed by atoms with van der Waals surface area (Å²) in [6, 6.07) is 1.82. The minimum absolute atomic E-state index is 0.0841. The largest absolute Gasteiger partial charge is 0.464 e. The fraction of sp³-hybridized carbons (Fsp3) is 0.333. The van der Waals surface area contributed by atoms with Crippen molar-refractivity contribution in [3.05, 3.63) is 30.3 Å². The SMILES string of the molecule is O=C1CCNCC1c1coc2ccncc12. The van der Waals surface area contributed by atoms with Crippen LogP contribution in [0.25, 0.3) is 11.0 Å². The van der Waals surface area contributed by atoms with Crippen molar-refractivity contribution in [2.24, 2.45) is 0 Å². The lowest BCUT2D eigenvalue weighted by Gasteiger charge is -2.20. The van der Waals surface area contributed by atoms with Crippen LogP contribution in [0.3, 0.4) is 0 Å². The number of furan rings is 1. The highest BCUT2D eigenvalue weighted by Crippen LogP contribution is 2.29. The number of aromatic nitrogens is 1. The van der Waals surface area contributed by atoms with E-state index in [1.54, 1.807) is 18.7 Å². The van der Waals surface area contributed by atoms with E-state index in [0.717, 1.165) is 23.1 Å². The van der Waals surface area contributed by atoms with Crippen LogP contribution in [0.15, 0.2) is 29.1 Å². The van der Waals surface area contributed by atoms with E-state index in [0.29, 0.717) is 13.0 Å². The average molecular weight is 216 g/mol. The number of piperidine rings is 1. The molecule has 0 saturated carbocycles. The molecule has 1 saturated heterocycles. The van der Waals surface area contributed by atoms with E-state index in [1.807, 2.05) is 6.07 Å². The minimum Gasteiger partial charge on any atom is -0.464 e. The average Bonchev–Trinajstić information content (AvgIpc) is 2.74. The molecular weight excluding hydrogens is 204 g/mol. The Bertz CT molecular complexity index is 533. The van der Waals surface area contributed by atoms with Gasteiger partial charge in [-0.1, -0.05) is 0 Å². The van der Waals surface area contributed by atoms with E-state index in [-0.39, 0.29) is 11.7 Å². The normalized spacial score (nSPS) is 21.5. The molecule has 2 aromatic heterocycles. The molecule has 1 atom stereocenters. The van der Waals surface area contributed by atoms with Crippen LogP contribution >= 0.6 is 0 Å². The highest BCUT2D eigenvalue weighted by atomic mass is 16.3. The molecule has 0 spiro atoms. The first kappa shape index (κ1) is 9.54. The molecule has 0 amide bonds. The fourth-order valence-corrected chi connectivity index (χ4v) is 2.19. The summed E-state index contributed by atoms with van der Waals surface area (Å²) >= 11 is 0. The van der Waals surface area contributed by atoms with Gasteiger partial charge in [-0.3, -0.25) is 9.78 Å². The fourth-order valence-electron chi connectivity index (χ4n) is 2.19. The van der Waals surface area contributed by atoms with E-state index >= 15 is 0 Å². The maximum Gasteiger partial charge on any atom is 0.143 e. The van der Waals surface area contributed by atoms with E-state index in [9.17, 15) is 4.79 Å². The molecule has 0 radical (unpaired) electrons. The Morgan fingerprint density at radius 3 is 3.31 bits per heavy atom. The summed E-state index contributed by atoms with van der Waals surface area (Å²) in [6.45, 7) is 1.48. The zero-order valence-electron chi connectivity index (χ0n) is 8.77. The summed E-state index contributed by atoms with van der Waals surface area (Å²) in [5.74, 6) is 0.199. The number of carbonyl (C=O) groups excluding carboxylic acids is 1. The van der Waals surface area contributed by atoms with Gasteiger partial charge in [0.2, 0.25) is 0 Å². The number of nitrogens with one attached hydrogen (secondary N) is 1. The number of rotatable bonds is 1. The third-order valence-corrected chi connectivity index (χ3v) is 3.07. The van der Waals surface area contributed by atoms with Crippen molar-refractivity contribution in [3.63, 3.8) is 0 Å². The molecule has 3 rings (SSSR count). The Balaban J connectivity index is 2.08. The smallest absolute Gasteiger partial charge is 0.143 e. The molecule has 0 bridgehead atoms. The van der Waals surface area contributed by atoms with Gasteiger partial charge in [0.25, 0.3) is 0 Å². The quantitative estimate of drug-likeness (QED) is 0.784. The molecule has 3 heterocycles. The molecular formula is C12H12N2O2. The molecule has 4 nitrogen and oxygen atoms in total. The highest BCUT2D eigenvalue weighted by molar-refractivity contribution is 5.92. The zero-order chi connectivity index (χ0) is 11.0. The van der Waals surface area contributed by atoms with Crippen LogP contribution in [0.4, 0.5) is 0 Å². The predicted octanol–water partition coefficient (Wildman–Crippen LogP) is 1.47. The number of ketones is 1. The second kappa shape index (κ2) is 3.72. The lowest BCUT2D eigenvalue weighted by atomic mass is 9.90. The number of pyridine rings is 1. The van der Waals surface area contributed by atoms with Crippen molar-refractivity contribution in [1.82, 2.24) is 10.3 Å². The van der Waals surface area contributed by atoms with Crippen LogP contribution in [0.5, 0.6) is 0 Å². The maximum atomic E-state index is 11.8. The van der Waals surface area contributed by atoms with Crippen LogP contribution in [0.1, 0.15) is 17.9 Å². The van der Waals surface area contributed by atoms with Crippen LogP contribution in [-0.4, -0.2) is 23.9 Å². The molecule has 0 aliphatic carbocycles. The predicted molar refractivity (Wildman–Crippen MR) is 59.2 cm³/mol. The summed E-state index contributed by atoms with van der Waals surface area (Å²) in [4.78, 5) is 15.9. The Labute approximate surface area is 92.7 Å². The summed E-state index contributed by atoms with van der Waals surface area (Å²) < 4.78 is 5.43. The van der Waals surface area contributed by atoms with Crippen LogP contribution in [0, 0.1) is 0 Å². The van der Waals surface area contributed by atoms with Gasteiger partial charge < -0.3 is 9.73 Å². The summed E-state index contributed by atoms with van der Waals surface area (Å²) in [5, 5.41) is 4.18. The van der Waals surface area contributed by atoms with Crippen molar-refractivity contribution >= 4 is 16.8 Å². The van der Waals surface area contributed by atoms with Gasteiger partial charge in [0.15, 0.2) is 0 Å². The van der Waals surface area contributed by atoms with Gasteiger partial charge in [-0.15, -0.1) is 0 Å². The lowest BCUT2D eigenvalue weighted by Crippen LogP contribution is -2.35. The molecule has 4 heteroatoms. The van der Waals surface area contributed by atoms with Crippen molar-refractivity contribution in [3.8, 4) is 0 Å². The third kappa shape index (κ3) is 1.42. The Hall–Kier alpha value is -1.68. The second-order valence-corrected chi connectivity index (χ2v) is 4.04. The summed E-state index contributed by atoms with van der Waals surface area (Å²) in [7, 11) is 0. The maximum absolute atomic E-state index is 11.8. The summed E-state index contributed by atoms with van der Waals surface area (Å²) in [6.07, 6.45) is 5.73. The van der Waals surface area contributed by atoms with Crippen LogP contribution < -0.4 is 5.32 Å². The summed E-state index contributed by atoms with van der Waals surface area (Å²) in [5.41, 5.74) is 1.75. The van der Waals surface area contributed by atoms with Crippen molar-refractivity contribution in [1.29, 1.82) is 0 Å². The number of carbonyl (C=O) groups is 1. The van der Waals surface area contributed by atoms with Gasteiger partial charge in [-0.2, -0.15) is 0 Å². The standard InChI is InChI=1S/C12H12N2O2/c15-11-1-3-13-5-8(11)10-7-16-12-2-4-14-6-9(10)12/h2,4,6-8,13H,1,3,5H2.